The first-order valence-electron chi connectivity index (χ1n) is 3.38. The summed E-state index contributed by atoms with van der Waals surface area (Å²) >= 11 is 0. The van der Waals surface area contributed by atoms with Gasteiger partial charge in [-0.3, -0.25) is 4.79 Å². The summed E-state index contributed by atoms with van der Waals surface area (Å²) in [6, 6.07) is 1.86. The third-order valence-corrected chi connectivity index (χ3v) is 1.30. The van der Waals surface area contributed by atoms with E-state index in [4.69, 9.17) is 11.7 Å². The summed E-state index contributed by atoms with van der Waals surface area (Å²) in [6.07, 6.45) is 5.86. The van der Waals surface area contributed by atoms with Gasteiger partial charge < -0.3 is 5.32 Å². The van der Waals surface area contributed by atoms with Gasteiger partial charge in [0.25, 0.3) is 5.91 Å². The largest absolute Gasteiger partial charge is 0.342 e. The second-order valence-corrected chi connectivity index (χ2v) is 2.09. The number of nitrogens with zero attached hydrogens (tertiary/aromatic N) is 1. The first kappa shape index (κ1) is 9.52. The second-order valence-electron chi connectivity index (χ2n) is 2.09. The third-order valence-electron chi connectivity index (χ3n) is 1.30. The number of nitrogens with one attached hydrogen (secondary N) is 1. The Morgan fingerprint density at radius 3 is 2.82 bits per heavy atom. The zero-order valence-corrected chi connectivity index (χ0v) is 6.42. The van der Waals surface area contributed by atoms with Gasteiger partial charge in [-0.15, -0.1) is 6.42 Å². The number of rotatable bonds is 3. The molecule has 0 saturated carbocycles. The lowest BCUT2D eigenvalue weighted by atomic mass is 10.2. The van der Waals surface area contributed by atoms with Gasteiger partial charge in [0, 0.05) is 6.04 Å². The van der Waals surface area contributed by atoms with Crippen LogP contribution >= 0.6 is 0 Å². The predicted molar refractivity (Wildman–Crippen MR) is 41.3 cm³/mol. The van der Waals surface area contributed by atoms with Crippen molar-refractivity contribution in [2.45, 2.75) is 25.8 Å². The first-order valence-corrected chi connectivity index (χ1v) is 3.38. The summed E-state index contributed by atoms with van der Waals surface area (Å²) in [5.41, 5.74) is 0. The highest BCUT2D eigenvalue weighted by Gasteiger charge is 2.06. The average molecular weight is 150 g/mol. The Labute approximate surface area is 66.4 Å². The van der Waals surface area contributed by atoms with Crippen LogP contribution in [0, 0.1) is 23.7 Å². The Kier molecular flexibility index (Phi) is 4.60. The molecule has 0 aliphatic rings. The number of hydrogen-bond acceptors (Lipinski definition) is 2. The van der Waals surface area contributed by atoms with Crippen LogP contribution < -0.4 is 5.32 Å². The smallest absolute Gasteiger partial charge is 0.295 e. The van der Waals surface area contributed by atoms with Crippen molar-refractivity contribution in [2.24, 2.45) is 0 Å². The van der Waals surface area contributed by atoms with E-state index in [0.717, 1.165) is 6.42 Å². The van der Waals surface area contributed by atoms with Gasteiger partial charge in [-0.1, -0.05) is 6.92 Å². The van der Waals surface area contributed by atoms with E-state index in [-0.39, 0.29) is 6.04 Å². The van der Waals surface area contributed by atoms with Crippen molar-refractivity contribution in [3.63, 3.8) is 0 Å². The molecule has 3 heteroatoms. The van der Waals surface area contributed by atoms with E-state index in [1.807, 2.05) is 18.9 Å². The Morgan fingerprint density at radius 2 is 2.45 bits per heavy atom. The Balaban J connectivity index is 3.82. The molecule has 0 aliphatic heterocycles. The summed E-state index contributed by atoms with van der Waals surface area (Å²) in [7, 11) is 0. The maximum atomic E-state index is 10.6. The fourth-order valence-corrected chi connectivity index (χ4v) is 0.635. The highest BCUT2D eigenvalue weighted by Crippen LogP contribution is 1.94. The minimum absolute atomic E-state index is 0.108. The van der Waals surface area contributed by atoms with Crippen molar-refractivity contribution < 1.29 is 4.79 Å². The molecule has 0 aromatic carbocycles. The van der Waals surface area contributed by atoms with Crippen molar-refractivity contribution in [3.8, 4) is 18.4 Å². The molecule has 0 fully saturated rings. The monoisotopic (exact) mass is 150 g/mol. The molecule has 1 amide bonds. The number of carbonyl (C=O) groups excluding carboxylic acids is 1. The molecule has 58 valence electrons. The summed E-state index contributed by atoms with van der Waals surface area (Å²) in [6.45, 7) is 1.89. The summed E-state index contributed by atoms with van der Waals surface area (Å²) in [5, 5.41) is 10.8. The van der Waals surface area contributed by atoms with Crippen LogP contribution in [0.1, 0.15) is 19.8 Å². The minimum atomic E-state index is -0.452. The van der Waals surface area contributed by atoms with Gasteiger partial charge in [0.1, 0.15) is 0 Å². The van der Waals surface area contributed by atoms with E-state index in [0.29, 0.717) is 6.42 Å². The molecule has 0 saturated heterocycles. The zero-order valence-electron chi connectivity index (χ0n) is 6.42. The summed E-state index contributed by atoms with van der Waals surface area (Å²) in [4.78, 5) is 10.6. The average Bonchev–Trinajstić information content (AvgIpc) is 2.03. The quantitative estimate of drug-likeness (QED) is 0.593. The third kappa shape index (κ3) is 4.00. The molecular weight excluding hydrogens is 140 g/mol. The molecule has 1 N–H and O–H groups in total. The molecule has 0 rings (SSSR count). The molecule has 11 heavy (non-hydrogen) atoms. The van der Waals surface area contributed by atoms with Crippen molar-refractivity contribution >= 4 is 5.91 Å². The zero-order chi connectivity index (χ0) is 8.69. The Bertz CT molecular complexity index is 209. The Hall–Kier alpha value is -1.48. The van der Waals surface area contributed by atoms with E-state index >= 15 is 0 Å². The highest BCUT2D eigenvalue weighted by atomic mass is 16.1. The van der Waals surface area contributed by atoms with Crippen LogP contribution in [0.5, 0.6) is 0 Å². The lowest BCUT2D eigenvalue weighted by Crippen LogP contribution is -2.32. The molecule has 1 atom stereocenters. The summed E-state index contributed by atoms with van der Waals surface area (Å²) < 4.78 is 0. The van der Waals surface area contributed by atoms with E-state index in [1.54, 1.807) is 0 Å². The number of hydrogen-bond donors (Lipinski definition) is 1. The normalized spacial score (nSPS) is 10.8. The minimum Gasteiger partial charge on any atom is -0.342 e. The number of carbonyl (C=O) groups is 1. The van der Waals surface area contributed by atoms with Gasteiger partial charge in [0.2, 0.25) is 0 Å². The van der Waals surface area contributed by atoms with Crippen LogP contribution in [-0.4, -0.2) is 11.9 Å². The number of terminal acetylenes is 1. The van der Waals surface area contributed by atoms with Gasteiger partial charge in [-0.05, 0) is 12.3 Å². The van der Waals surface area contributed by atoms with Crippen molar-refractivity contribution in [1.29, 1.82) is 5.26 Å². The predicted octanol–water partition coefficient (Wildman–Crippen LogP) is 0.428. The fourth-order valence-electron chi connectivity index (χ4n) is 0.635. The molecule has 0 aliphatic carbocycles. The maximum absolute atomic E-state index is 10.6. The molecule has 0 radical (unpaired) electrons. The van der Waals surface area contributed by atoms with Crippen LogP contribution in [0.4, 0.5) is 0 Å². The van der Waals surface area contributed by atoms with Crippen LogP contribution in [-0.2, 0) is 4.79 Å². The molecule has 1 unspecified atom stereocenters. The molecule has 0 heterocycles. The second kappa shape index (κ2) is 5.32. The molecule has 0 aromatic rings. The van der Waals surface area contributed by atoms with Gasteiger partial charge in [0.05, 0.1) is 12.5 Å². The van der Waals surface area contributed by atoms with Crippen LogP contribution in [0.15, 0.2) is 0 Å². The molecule has 3 nitrogen and oxygen atoms in total. The Morgan fingerprint density at radius 1 is 1.82 bits per heavy atom. The van der Waals surface area contributed by atoms with Gasteiger partial charge in [0.15, 0.2) is 0 Å². The molecule has 0 spiro atoms. The van der Waals surface area contributed by atoms with E-state index in [1.165, 1.54) is 0 Å². The lowest BCUT2D eigenvalue weighted by molar-refractivity contribution is -0.116. The van der Waals surface area contributed by atoms with E-state index in [2.05, 4.69) is 5.32 Å². The highest BCUT2D eigenvalue weighted by molar-refractivity contribution is 5.92. The van der Waals surface area contributed by atoms with Crippen LogP contribution in [0.2, 0.25) is 0 Å². The number of nitriles is 1. The van der Waals surface area contributed by atoms with E-state index in [9.17, 15) is 4.79 Å². The van der Waals surface area contributed by atoms with Crippen LogP contribution in [0.25, 0.3) is 0 Å². The van der Waals surface area contributed by atoms with E-state index < -0.39 is 5.91 Å². The lowest BCUT2D eigenvalue weighted by Gasteiger charge is -2.09. The van der Waals surface area contributed by atoms with Crippen molar-refractivity contribution in [3.05, 3.63) is 0 Å². The fraction of sp³-hybridized carbons (Fsp3) is 0.500. The maximum Gasteiger partial charge on any atom is 0.295 e. The van der Waals surface area contributed by atoms with Gasteiger partial charge in [-0.25, -0.2) is 0 Å². The van der Waals surface area contributed by atoms with Crippen molar-refractivity contribution in [2.75, 3.05) is 0 Å². The molecule has 0 aromatic heterocycles. The van der Waals surface area contributed by atoms with Gasteiger partial charge >= 0.3 is 0 Å². The molecular formula is C8H10N2O. The molecule has 0 bridgehead atoms. The number of amides is 1. The SMILES string of the molecule is C#CC(=O)NC(CC)CC#N. The first-order chi connectivity index (χ1) is 5.24. The topological polar surface area (TPSA) is 52.9 Å². The summed E-state index contributed by atoms with van der Waals surface area (Å²) in [5.74, 6) is 1.48. The van der Waals surface area contributed by atoms with Crippen molar-refractivity contribution in [1.82, 2.24) is 5.32 Å². The van der Waals surface area contributed by atoms with Crippen LogP contribution in [0.3, 0.4) is 0 Å². The standard InChI is InChI=1S/C8H10N2O/c1-3-7(5-6-9)10-8(11)4-2/h2,7H,3,5H2,1H3,(H,10,11). The van der Waals surface area contributed by atoms with Gasteiger partial charge in [-0.2, -0.15) is 5.26 Å².